The van der Waals surface area contributed by atoms with Crippen LogP contribution < -0.4 is 5.32 Å². The second-order valence-corrected chi connectivity index (χ2v) is 8.71. The average molecular weight is 450 g/mol. The van der Waals surface area contributed by atoms with Crippen LogP contribution in [0, 0.1) is 0 Å². The van der Waals surface area contributed by atoms with Crippen molar-refractivity contribution in [3.05, 3.63) is 83.2 Å². The van der Waals surface area contributed by atoms with Crippen LogP contribution in [0.1, 0.15) is 54.6 Å². The van der Waals surface area contributed by atoms with Crippen LogP contribution in [0.4, 0.5) is 4.39 Å². The zero-order chi connectivity index (χ0) is 23.4. The van der Waals surface area contributed by atoms with Gasteiger partial charge in [-0.05, 0) is 22.6 Å². The number of benzene rings is 2. The molecule has 1 fully saturated rings. The van der Waals surface area contributed by atoms with Crippen LogP contribution in [0.5, 0.6) is 0 Å². The number of aromatic nitrogens is 3. The molecule has 0 spiro atoms. The van der Waals surface area contributed by atoms with Crippen molar-refractivity contribution in [3.63, 3.8) is 0 Å². The number of H-pyrrole nitrogens is 1. The van der Waals surface area contributed by atoms with E-state index in [1.165, 1.54) is 16.7 Å². The van der Waals surface area contributed by atoms with Gasteiger partial charge in [-0.15, -0.1) is 0 Å². The lowest BCUT2D eigenvalue weighted by Crippen LogP contribution is -2.47. The smallest absolute Gasteiger partial charge is 0.243 e. The van der Waals surface area contributed by atoms with Crippen molar-refractivity contribution in [3.8, 4) is 0 Å². The summed E-state index contributed by atoms with van der Waals surface area (Å²) in [7, 11) is 0. The van der Waals surface area contributed by atoms with Gasteiger partial charge in [0.1, 0.15) is 12.2 Å². The third kappa shape index (κ3) is 5.27. The molecule has 33 heavy (non-hydrogen) atoms. The quantitative estimate of drug-likeness (QED) is 0.579. The molecule has 2 amide bonds. The van der Waals surface area contributed by atoms with E-state index in [2.05, 4.69) is 46.7 Å². The zero-order valence-electron chi connectivity index (χ0n) is 18.7. The van der Waals surface area contributed by atoms with Gasteiger partial charge in [-0.3, -0.25) is 9.59 Å². The maximum Gasteiger partial charge on any atom is 0.243 e. The second-order valence-electron chi connectivity index (χ2n) is 8.71. The summed E-state index contributed by atoms with van der Waals surface area (Å²) in [5.74, 6) is -0.319. The normalized spacial score (nSPS) is 19.0. The van der Waals surface area contributed by atoms with Crippen molar-refractivity contribution in [2.45, 2.75) is 50.9 Å². The fourth-order valence-corrected chi connectivity index (χ4v) is 4.19. The standard InChI is InChI=1S/C25H28FN5O2/c1-16(2)17-8-10-19(11-9-17)24(18-6-4-3-5-7-18)28-25(33)22-12-20(26)15-31(22)23(32)13-21-14-27-30-29-21/h3-11,14,16,20,22,24H,12-13,15H2,1-2H3,(H,28,33)(H,27,29,30)/t20-,22+,24+/m1/s1. The van der Waals surface area contributed by atoms with E-state index in [0.717, 1.165) is 11.1 Å². The topological polar surface area (TPSA) is 91.0 Å². The monoisotopic (exact) mass is 449 g/mol. The van der Waals surface area contributed by atoms with E-state index in [4.69, 9.17) is 0 Å². The summed E-state index contributed by atoms with van der Waals surface area (Å²) in [6.45, 7) is 4.15. The van der Waals surface area contributed by atoms with E-state index in [1.54, 1.807) is 0 Å². The van der Waals surface area contributed by atoms with Crippen molar-refractivity contribution in [2.75, 3.05) is 6.54 Å². The van der Waals surface area contributed by atoms with Gasteiger partial charge >= 0.3 is 0 Å². The van der Waals surface area contributed by atoms with Gasteiger partial charge < -0.3 is 10.2 Å². The van der Waals surface area contributed by atoms with Gasteiger partial charge in [-0.25, -0.2) is 4.39 Å². The van der Waals surface area contributed by atoms with E-state index < -0.39 is 18.3 Å². The Morgan fingerprint density at radius 2 is 1.76 bits per heavy atom. The lowest BCUT2D eigenvalue weighted by molar-refractivity contribution is -0.138. The molecule has 2 aromatic carbocycles. The summed E-state index contributed by atoms with van der Waals surface area (Å²) in [5, 5.41) is 13.1. The van der Waals surface area contributed by atoms with Gasteiger partial charge in [0.2, 0.25) is 11.8 Å². The minimum atomic E-state index is -1.25. The predicted octanol–water partition coefficient (Wildman–Crippen LogP) is 3.32. The second kappa shape index (κ2) is 9.94. The summed E-state index contributed by atoms with van der Waals surface area (Å²) < 4.78 is 14.3. The van der Waals surface area contributed by atoms with Crippen LogP contribution in [0.15, 0.2) is 60.8 Å². The van der Waals surface area contributed by atoms with Gasteiger partial charge in [0.15, 0.2) is 0 Å². The molecule has 2 N–H and O–H groups in total. The van der Waals surface area contributed by atoms with Gasteiger partial charge in [0.25, 0.3) is 0 Å². The SMILES string of the molecule is CC(C)c1ccc([C@@H](NC(=O)[C@@H]2C[C@@H](F)CN2C(=O)Cc2cn[nH]n2)c2ccccc2)cc1. The molecule has 0 saturated carbocycles. The predicted molar refractivity (Wildman–Crippen MR) is 122 cm³/mol. The highest BCUT2D eigenvalue weighted by Crippen LogP contribution is 2.27. The Morgan fingerprint density at radius 3 is 2.39 bits per heavy atom. The number of rotatable bonds is 7. The maximum absolute atomic E-state index is 14.3. The molecule has 8 heteroatoms. The Hall–Kier alpha value is -3.55. The number of hydrogen-bond donors (Lipinski definition) is 2. The zero-order valence-corrected chi connectivity index (χ0v) is 18.7. The minimum Gasteiger partial charge on any atom is -0.343 e. The number of alkyl halides is 1. The molecule has 0 bridgehead atoms. The fourth-order valence-electron chi connectivity index (χ4n) is 4.19. The summed E-state index contributed by atoms with van der Waals surface area (Å²) in [6.07, 6.45) is 0.139. The minimum absolute atomic E-state index is 0.0236. The number of halogens is 1. The lowest BCUT2D eigenvalue weighted by Gasteiger charge is -2.27. The third-order valence-corrected chi connectivity index (χ3v) is 6.03. The molecule has 1 aliphatic rings. The van der Waals surface area contributed by atoms with Crippen molar-refractivity contribution in [1.29, 1.82) is 0 Å². The summed E-state index contributed by atoms with van der Waals surface area (Å²) in [4.78, 5) is 27.5. The van der Waals surface area contributed by atoms with E-state index in [0.29, 0.717) is 11.6 Å². The molecular formula is C25H28FN5O2. The summed E-state index contributed by atoms with van der Waals surface area (Å²) in [5.41, 5.74) is 3.50. The first kappa shape index (κ1) is 22.6. The number of aromatic amines is 1. The molecule has 1 aliphatic heterocycles. The summed E-state index contributed by atoms with van der Waals surface area (Å²) >= 11 is 0. The number of hydrogen-bond acceptors (Lipinski definition) is 4. The Labute approximate surface area is 192 Å². The molecule has 0 radical (unpaired) electrons. The Balaban J connectivity index is 1.56. The highest BCUT2D eigenvalue weighted by atomic mass is 19.1. The molecule has 3 atom stereocenters. The first-order valence-corrected chi connectivity index (χ1v) is 11.2. The highest BCUT2D eigenvalue weighted by molar-refractivity contribution is 5.89. The van der Waals surface area contributed by atoms with Crippen LogP contribution in [0.3, 0.4) is 0 Å². The number of carbonyl (C=O) groups is 2. The largest absolute Gasteiger partial charge is 0.343 e. The first-order chi connectivity index (χ1) is 15.9. The van der Waals surface area contributed by atoms with Crippen molar-refractivity contribution < 1.29 is 14.0 Å². The molecule has 4 rings (SSSR count). The van der Waals surface area contributed by atoms with E-state index in [1.807, 2.05) is 42.5 Å². The van der Waals surface area contributed by atoms with E-state index in [9.17, 15) is 14.0 Å². The van der Waals surface area contributed by atoms with Crippen LogP contribution in [-0.4, -0.2) is 50.9 Å². The van der Waals surface area contributed by atoms with Gasteiger partial charge in [-0.2, -0.15) is 15.4 Å². The third-order valence-electron chi connectivity index (χ3n) is 6.03. The molecule has 172 valence electrons. The maximum atomic E-state index is 14.3. The van der Waals surface area contributed by atoms with Gasteiger partial charge in [0.05, 0.1) is 30.9 Å². The first-order valence-electron chi connectivity index (χ1n) is 11.2. The van der Waals surface area contributed by atoms with E-state index in [-0.39, 0.29) is 31.2 Å². The van der Waals surface area contributed by atoms with Crippen molar-refractivity contribution in [1.82, 2.24) is 25.6 Å². The molecule has 0 aliphatic carbocycles. The number of nitrogens with zero attached hydrogens (tertiary/aromatic N) is 3. The van der Waals surface area contributed by atoms with Crippen molar-refractivity contribution >= 4 is 11.8 Å². The number of nitrogens with one attached hydrogen (secondary N) is 2. The summed E-state index contributed by atoms with van der Waals surface area (Å²) in [6, 6.07) is 16.5. The molecule has 1 saturated heterocycles. The molecule has 7 nitrogen and oxygen atoms in total. The van der Waals surface area contributed by atoms with E-state index >= 15 is 0 Å². The Bertz CT molecular complexity index is 1070. The average Bonchev–Trinajstić information content (AvgIpc) is 3.47. The lowest BCUT2D eigenvalue weighted by atomic mass is 9.95. The van der Waals surface area contributed by atoms with Crippen LogP contribution in [0.2, 0.25) is 0 Å². The molecular weight excluding hydrogens is 421 g/mol. The Morgan fingerprint density at radius 1 is 1.09 bits per heavy atom. The number of likely N-dealkylation sites (tertiary alicyclic amines) is 1. The fraction of sp³-hybridized carbons (Fsp3) is 0.360. The van der Waals surface area contributed by atoms with Gasteiger partial charge in [0, 0.05) is 6.42 Å². The van der Waals surface area contributed by atoms with Crippen molar-refractivity contribution in [2.24, 2.45) is 0 Å². The Kier molecular flexibility index (Phi) is 6.82. The van der Waals surface area contributed by atoms with Crippen LogP contribution >= 0.6 is 0 Å². The molecule has 0 unspecified atom stereocenters. The number of amides is 2. The van der Waals surface area contributed by atoms with Gasteiger partial charge in [-0.1, -0.05) is 68.4 Å². The van der Waals surface area contributed by atoms with Crippen LogP contribution in [0.25, 0.3) is 0 Å². The van der Waals surface area contributed by atoms with Crippen LogP contribution in [-0.2, 0) is 16.0 Å². The number of carbonyl (C=O) groups excluding carboxylic acids is 2. The molecule has 2 heterocycles. The highest BCUT2D eigenvalue weighted by Gasteiger charge is 2.40. The molecule has 3 aromatic rings. The molecule has 1 aromatic heterocycles.